The average Bonchev–Trinajstić information content (AvgIpc) is 3.42. The molecule has 0 spiro atoms. The van der Waals surface area contributed by atoms with E-state index in [0.29, 0.717) is 27.8 Å². The van der Waals surface area contributed by atoms with Crippen LogP contribution in [0.1, 0.15) is 48.7 Å². The number of hydrogen-bond acceptors (Lipinski definition) is 6. The Hall–Kier alpha value is -4.65. The number of likely N-dealkylation sites (N-methyl/N-ethyl adjacent to an activating group) is 1. The molecule has 246 valence electrons. The van der Waals surface area contributed by atoms with Gasteiger partial charge in [-0.25, -0.2) is 9.07 Å². The van der Waals surface area contributed by atoms with Gasteiger partial charge in [0.05, 0.1) is 31.1 Å². The Balaban J connectivity index is 1.61. The lowest BCUT2D eigenvalue weighted by Crippen LogP contribution is -2.53. The predicted molar refractivity (Wildman–Crippen MR) is 167 cm³/mol. The number of ether oxygens (including phenoxy) is 1. The molecule has 0 saturated carbocycles. The average molecular weight is 644 g/mol. The smallest absolute Gasteiger partial charge is 0.418 e. The molecule has 46 heavy (non-hydrogen) atoms. The molecule has 0 aliphatic rings. The molecule has 1 heterocycles. The van der Waals surface area contributed by atoms with Gasteiger partial charge in [0.25, 0.3) is 5.91 Å². The lowest BCUT2D eigenvalue weighted by Gasteiger charge is -2.38. The van der Waals surface area contributed by atoms with Crippen LogP contribution in [0.5, 0.6) is 5.75 Å². The number of amides is 2. The Morgan fingerprint density at radius 1 is 1.07 bits per heavy atom. The topological polar surface area (TPSA) is 118 Å². The number of nitrogens with zero attached hydrogens (tertiary/aromatic N) is 2. The third kappa shape index (κ3) is 7.09. The van der Waals surface area contributed by atoms with Crippen molar-refractivity contribution in [1.82, 2.24) is 20.4 Å². The molecule has 2 amide bonds. The van der Waals surface area contributed by atoms with Crippen LogP contribution >= 0.6 is 0 Å². The molecular weight excluding hydrogens is 606 g/mol. The first-order valence-corrected chi connectivity index (χ1v) is 14.5. The molecule has 0 aliphatic carbocycles. The summed E-state index contributed by atoms with van der Waals surface area (Å²) in [4.78, 5) is 24.3. The van der Waals surface area contributed by atoms with Gasteiger partial charge in [0.2, 0.25) is 5.91 Å². The Morgan fingerprint density at radius 3 is 2.35 bits per heavy atom. The minimum Gasteiger partial charge on any atom is -0.496 e. The molecule has 4 N–H and O–H groups in total. The maximum atomic E-state index is 14.5. The number of halogens is 4. The molecule has 2 unspecified atom stereocenters. The van der Waals surface area contributed by atoms with E-state index in [1.54, 1.807) is 48.9 Å². The van der Waals surface area contributed by atoms with Crippen LogP contribution < -0.4 is 20.7 Å². The molecule has 0 saturated heterocycles. The standard InChI is InChI=1S/C33H37F4N5O4/c1-19-13-26(39-18-32(45,33(35,36)37)17-31(3,4)25-15-22(34)9-12-28(25)46-6)24-16-40-42(27(24)14-19)23-10-7-21(8-11-23)30(44)41-20(2)29(43)38-5/h7-16,20,39,45H,17-18H2,1-6H3,(H,38,43)(H,41,44). The molecule has 0 aliphatic heterocycles. The van der Waals surface area contributed by atoms with Crippen molar-refractivity contribution in [3.63, 3.8) is 0 Å². The lowest BCUT2D eigenvalue weighted by atomic mass is 9.74. The van der Waals surface area contributed by atoms with Gasteiger partial charge >= 0.3 is 6.18 Å². The molecule has 4 rings (SSSR count). The van der Waals surface area contributed by atoms with E-state index in [-0.39, 0.29) is 17.2 Å². The van der Waals surface area contributed by atoms with E-state index in [2.05, 4.69) is 21.0 Å². The molecule has 13 heteroatoms. The first kappa shape index (κ1) is 34.2. The normalized spacial score (nSPS) is 14.0. The molecule has 2 atom stereocenters. The number of aromatic nitrogens is 2. The Bertz CT molecular complexity index is 1740. The first-order chi connectivity index (χ1) is 21.5. The van der Waals surface area contributed by atoms with E-state index in [1.807, 2.05) is 6.07 Å². The molecule has 4 aromatic rings. The van der Waals surface area contributed by atoms with E-state index in [9.17, 15) is 32.3 Å². The quantitative estimate of drug-likeness (QED) is 0.162. The van der Waals surface area contributed by atoms with Crippen molar-refractivity contribution in [2.24, 2.45) is 0 Å². The second kappa shape index (κ2) is 13.0. The number of alkyl halides is 3. The van der Waals surface area contributed by atoms with Gasteiger partial charge < -0.3 is 25.8 Å². The van der Waals surface area contributed by atoms with Crippen LogP contribution in [-0.2, 0) is 10.2 Å². The minimum absolute atomic E-state index is 0.196. The monoisotopic (exact) mass is 643 g/mol. The summed E-state index contributed by atoms with van der Waals surface area (Å²) in [6.07, 6.45) is -4.32. The van der Waals surface area contributed by atoms with Gasteiger partial charge in [-0.15, -0.1) is 0 Å². The fraction of sp³-hybridized carbons (Fsp3) is 0.364. The van der Waals surface area contributed by atoms with Crippen LogP contribution in [0.3, 0.4) is 0 Å². The molecule has 1 aromatic heterocycles. The second-order valence-corrected chi connectivity index (χ2v) is 11.9. The number of aliphatic hydroxyl groups is 1. The third-order valence-corrected chi connectivity index (χ3v) is 7.92. The highest BCUT2D eigenvalue weighted by Crippen LogP contribution is 2.44. The van der Waals surface area contributed by atoms with E-state index in [4.69, 9.17) is 4.74 Å². The van der Waals surface area contributed by atoms with Crippen LogP contribution in [0.2, 0.25) is 0 Å². The van der Waals surface area contributed by atoms with Crippen molar-refractivity contribution in [2.75, 3.05) is 26.0 Å². The number of rotatable bonds is 11. The summed E-state index contributed by atoms with van der Waals surface area (Å²) in [6.45, 7) is 5.44. The summed E-state index contributed by atoms with van der Waals surface area (Å²) in [7, 11) is 2.82. The SMILES string of the molecule is CNC(=O)C(C)NC(=O)c1ccc(-n2ncc3c(NCC(O)(CC(C)(C)c4cc(F)ccc4OC)C(F)(F)F)cc(C)cc32)cc1. The van der Waals surface area contributed by atoms with Crippen molar-refractivity contribution in [3.8, 4) is 11.4 Å². The van der Waals surface area contributed by atoms with Gasteiger partial charge in [0, 0.05) is 29.2 Å². The van der Waals surface area contributed by atoms with Crippen LogP contribution in [-0.4, -0.2) is 65.2 Å². The fourth-order valence-corrected chi connectivity index (χ4v) is 5.47. The van der Waals surface area contributed by atoms with Gasteiger partial charge in [-0.05, 0) is 85.8 Å². The van der Waals surface area contributed by atoms with Crippen molar-refractivity contribution in [3.05, 3.63) is 83.3 Å². The van der Waals surface area contributed by atoms with Gasteiger partial charge in [0.15, 0.2) is 5.60 Å². The number of nitrogens with one attached hydrogen (secondary N) is 3. The van der Waals surface area contributed by atoms with Crippen molar-refractivity contribution >= 4 is 28.4 Å². The zero-order valence-electron chi connectivity index (χ0n) is 26.3. The van der Waals surface area contributed by atoms with E-state index < -0.39 is 47.9 Å². The van der Waals surface area contributed by atoms with Gasteiger partial charge in [-0.3, -0.25) is 9.59 Å². The highest BCUT2D eigenvalue weighted by atomic mass is 19.4. The first-order valence-electron chi connectivity index (χ1n) is 14.5. The molecular formula is C33H37F4N5O4. The van der Waals surface area contributed by atoms with Crippen molar-refractivity contribution in [1.29, 1.82) is 0 Å². The molecule has 0 fully saturated rings. The summed E-state index contributed by atoms with van der Waals surface area (Å²) in [5.74, 6) is -1.20. The number of anilines is 1. The summed E-state index contributed by atoms with van der Waals surface area (Å²) in [6, 6.07) is 12.8. The Morgan fingerprint density at radius 2 is 1.74 bits per heavy atom. The number of hydrogen-bond donors (Lipinski definition) is 4. The van der Waals surface area contributed by atoms with E-state index in [0.717, 1.165) is 17.7 Å². The van der Waals surface area contributed by atoms with E-state index in [1.165, 1.54) is 40.3 Å². The summed E-state index contributed by atoms with van der Waals surface area (Å²) < 4.78 is 64.4. The van der Waals surface area contributed by atoms with Crippen LogP contribution in [0.15, 0.2) is 60.8 Å². The molecule has 0 radical (unpaired) electrons. The number of carbonyl (C=O) groups excluding carboxylic acids is 2. The predicted octanol–water partition coefficient (Wildman–Crippen LogP) is 5.42. The lowest BCUT2D eigenvalue weighted by molar-refractivity contribution is -0.260. The minimum atomic E-state index is -5.03. The molecule has 3 aromatic carbocycles. The van der Waals surface area contributed by atoms with Crippen molar-refractivity contribution in [2.45, 2.75) is 57.3 Å². The third-order valence-electron chi connectivity index (χ3n) is 7.92. The molecule has 0 bridgehead atoms. The largest absolute Gasteiger partial charge is 0.496 e. The number of carbonyl (C=O) groups is 2. The van der Waals surface area contributed by atoms with Gasteiger partial charge in [-0.2, -0.15) is 18.3 Å². The van der Waals surface area contributed by atoms with Crippen LogP contribution in [0.25, 0.3) is 16.6 Å². The highest BCUT2D eigenvalue weighted by molar-refractivity contribution is 5.97. The van der Waals surface area contributed by atoms with E-state index >= 15 is 0 Å². The summed E-state index contributed by atoms with van der Waals surface area (Å²) in [5.41, 5.74) is -1.82. The highest BCUT2D eigenvalue weighted by Gasteiger charge is 2.56. The van der Waals surface area contributed by atoms with Crippen LogP contribution in [0, 0.1) is 12.7 Å². The van der Waals surface area contributed by atoms with Crippen LogP contribution in [0.4, 0.5) is 23.2 Å². The number of fused-ring (bicyclic) bond motifs is 1. The van der Waals surface area contributed by atoms with Gasteiger partial charge in [-0.1, -0.05) is 13.8 Å². The summed E-state index contributed by atoms with van der Waals surface area (Å²) >= 11 is 0. The number of aryl methyl sites for hydroxylation is 1. The fourth-order valence-electron chi connectivity index (χ4n) is 5.47. The Kier molecular flexibility index (Phi) is 9.67. The number of methoxy groups -OCH3 is 1. The van der Waals surface area contributed by atoms with Gasteiger partial charge in [0.1, 0.15) is 17.6 Å². The summed E-state index contributed by atoms with van der Waals surface area (Å²) in [5, 5.41) is 23.9. The second-order valence-electron chi connectivity index (χ2n) is 11.9. The maximum absolute atomic E-state index is 14.5. The molecule has 9 nitrogen and oxygen atoms in total. The van der Waals surface area contributed by atoms with Crippen molar-refractivity contribution < 1.29 is 37.0 Å². The maximum Gasteiger partial charge on any atom is 0.418 e. The zero-order valence-corrected chi connectivity index (χ0v) is 26.3. The zero-order chi connectivity index (χ0) is 34.0. The number of benzene rings is 3. The Labute approximate surface area is 263 Å².